The average molecular weight is 258 g/mol. The van der Waals surface area contributed by atoms with Crippen LogP contribution in [-0.2, 0) is 4.79 Å². The van der Waals surface area contributed by atoms with Crippen molar-refractivity contribution in [1.82, 2.24) is 5.32 Å². The summed E-state index contributed by atoms with van der Waals surface area (Å²) in [6, 6.07) is 0.301. The third-order valence-corrected chi connectivity index (χ3v) is 4.47. The molecule has 0 aliphatic heterocycles. The van der Waals surface area contributed by atoms with Gasteiger partial charge in [-0.1, -0.05) is 13.3 Å². The highest BCUT2D eigenvalue weighted by molar-refractivity contribution is 7.99. The third-order valence-electron chi connectivity index (χ3n) is 3.23. The lowest BCUT2D eigenvalue weighted by molar-refractivity contribution is -0.124. The van der Waals surface area contributed by atoms with E-state index in [9.17, 15) is 4.79 Å². The molecule has 100 valence electrons. The van der Waals surface area contributed by atoms with Crippen molar-refractivity contribution in [2.45, 2.75) is 58.0 Å². The molecule has 17 heavy (non-hydrogen) atoms. The number of nitrogens with one attached hydrogen (secondary N) is 1. The first-order valence-corrected chi connectivity index (χ1v) is 7.83. The van der Waals surface area contributed by atoms with Crippen molar-refractivity contribution in [3.8, 4) is 0 Å². The topological polar surface area (TPSA) is 55.1 Å². The summed E-state index contributed by atoms with van der Waals surface area (Å²) >= 11 is 1.86. The smallest absolute Gasteiger partial charge is 0.238 e. The van der Waals surface area contributed by atoms with E-state index in [2.05, 4.69) is 26.1 Å². The summed E-state index contributed by atoms with van der Waals surface area (Å²) in [6.45, 7) is 6.35. The Kier molecular flexibility index (Phi) is 5.80. The summed E-state index contributed by atoms with van der Waals surface area (Å²) in [6.07, 6.45) is 4.69. The predicted molar refractivity (Wildman–Crippen MR) is 75.2 cm³/mol. The second-order valence-corrected chi connectivity index (χ2v) is 6.42. The van der Waals surface area contributed by atoms with Crippen molar-refractivity contribution in [3.63, 3.8) is 0 Å². The fraction of sp³-hybridized carbons (Fsp3) is 0.923. The van der Waals surface area contributed by atoms with Crippen molar-refractivity contribution in [3.05, 3.63) is 0 Å². The van der Waals surface area contributed by atoms with Gasteiger partial charge in [-0.25, -0.2) is 0 Å². The van der Waals surface area contributed by atoms with E-state index >= 15 is 0 Å². The Morgan fingerprint density at radius 1 is 1.53 bits per heavy atom. The summed E-state index contributed by atoms with van der Waals surface area (Å²) in [5.41, 5.74) is 5.20. The zero-order valence-electron chi connectivity index (χ0n) is 11.3. The van der Waals surface area contributed by atoms with Gasteiger partial charge < -0.3 is 11.1 Å². The second kappa shape index (κ2) is 6.64. The van der Waals surface area contributed by atoms with E-state index in [1.807, 2.05) is 11.8 Å². The van der Waals surface area contributed by atoms with E-state index in [0.29, 0.717) is 12.0 Å². The summed E-state index contributed by atoms with van der Waals surface area (Å²) < 4.78 is 0. The number of hydrogen-bond acceptors (Lipinski definition) is 3. The van der Waals surface area contributed by atoms with Crippen LogP contribution in [0.2, 0.25) is 0 Å². The molecule has 1 aliphatic carbocycles. The van der Waals surface area contributed by atoms with Gasteiger partial charge in [-0.05, 0) is 44.8 Å². The van der Waals surface area contributed by atoms with Crippen LogP contribution in [0.5, 0.6) is 0 Å². The number of nitrogens with two attached hydrogens (primary N) is 1. The molecule has 4 heteroatoms. The largest absolute Gasteiger partial charge is 0.368 e. The number of rotatable bonds is 9. The highest BCUT2D eigenvalue weighted by Gasteiger charge is 2.49. The van der Waals surface area contributed by atoms with Crippen LogP contribution in [0.4, 0.5) is 0 Å². The van der Waals surface area contributed by atoms with Crippen LogP contribution in [0.25, 0.3) is 0 Å². The van der Waals surface area contributed by atoms with Crippen molar-refractivity contribution in [2.75, 3.05) is 11.5 Å². The zero-order chi connectivity index (χ0) is 12.9. The van der Waals surface area contributed by atoms with Crippen LogP contribution < -0.4 is 11.1 Å². The first kappa shape index (κ1) is 14.8. The SMILES string of the molecule is CCCCSCC(NC(C)C)(C(N)=O)C1CC1. The number of primary amides is 1. The molecule has 0 aromatic heterocycles. The first-order valence-electron chi connectivity index (χ1n) is 6.68. The standard InChI is InChI=1S/C13H26N2OS/c1-4-5-8-17-9-13(12(14)16,11-6-7-11)15-10(2)3/h10-11,15H,4-9H2,1-3H3,(H2,14,16). The molecule has 1 rings (SSSR count). The van der Waals surface area contributed by atoms with E-state index in [1.54, 1.807) is 0 Å². The van der Waals surface area contributed by atoms with E-state index in [0.717, 1.165) is 24.3 Å². The Morgan fingerprint density at radius 2 is 2.18 bits per heavy atom. The molecular formula is C13H26N2OS. The molecule has 0 bridgehead atoms. The van der Waals surface area contributed by atoms with Crippen LogP contribution >= 0.6 is 11.8 Å². The van der Waals surface area contributed by atoms with Gasteiger partial charge in [0.2, 0.25) is 5.91 Å². The molecule has 0 spiro atoms. The normalized spacial score (nSPS) is 19.3. The van der Waals surface area contributed by atoms with E-state index in [1.165, 1.54) is 12.8 Å². The molecule has 3 nitrogen and oxygen atoms in total. The van der Waals surface area contributed by atoms with E-state index in [4.69, 9.17) is 5.73 Å². The lowest BCUT2D eigenvalue weighted by atomic mass is 9.93. The fourth-order valence-corrected chi connectivity index (χ4v) is 3.61. The van der Waals surface area contributed by atoms with Gasteiger partial charge in [0.25, 0.3) is 0 Å². The number of hydrogen-bond donors (Lipinski definition) is 2. The highest BCUT2D eigenvalue weighted by atomic mass is 32.2. The molecule has 1 aliphatic rings. The van der Waals surface area contributed by atoms with Gasteiger partial charge in [0.15, 0.2) is 0 Å². The summed E-state index contributed by atoms with van der Waals surface area (Å²) in [4.78, 5) is 11.8. The number of unbranched alkanes of at least 4 members (excludes halogenated alkanes) is 1. The zero-order valence-corrected chi connectivity index (χ0v) is 12.1. The number of carbonyl (C=O) groups excluding carboxylic acids is 1. The lowest BCUT2D eigenvalue weighted by Gasteiger charge is -2.34. The Hall–Kier alpha value is -0.220. The molecule has 3 N–H and O–H groups in total. The molecule has 1 unspecified atom stereocenters. The third kappa shape index (κ3) is 4.18. The van der Waals surface area contributed by atoms with Crippen molar-refractivity contribution in [2.24, 2.45) is 11.7 Å². The molecule has 0 aromatic carbocycles. The molecular weight excluding hydrogens is 232 g/mol. The molecule has 1 atom stereocenters. The Bertz CT molecular complexity index is 254. The second-order valence-electron chi connectivity index (χ2n) is 5.32. The maximum atomic E-state index is 11.8. The van der Waals surface area contributed by atoms with Crippen LogP contribution in [0.3, 0.4) is 0 Å². The van der Waals surface area contributed by atoms with Gasteiger partial charge in [-0.3, -0.25) is 4.79 Å². The lowest BCUT2D eigenvalue weighted by Crippen LogP contribution is -2.61. The van der Waals surface area contributed by atoms with Gasteiger partial charge in [0.05, 0.1) is 0 Å². The summed E-state index contributed by atoms with van der Waals surface area (Å²) in [5.74, 6) is 2.23. The van der Waals surface area contributed by atoms with Crippen molar-refractivity contribution in [1.29, 1.82) is 0 Å². The molecule has 0 radical (unpaired) electrons. The fourth-order valence-electron chi connectivity index (χ4n) is 2.19. The molecule has 0 saturated heterocycles. The maximum absolute atomic E-state index is 11.8. The van der Waals surface area contributed by atoms with Gasteiger partial charge in [-0.2, -0.15) is 11.8 Å². The minimum atomic E-state index is -0.466. The van der Waals surface area contributed by atoms with Crippen LogP contribution in [0, 0.1) is 5.92 Å². The average Bonchev–Trinajstić information content (AvgIpc) is 3.05. The predicted octanol–water partition coefficient (Wildman–Crippen LogP) is 2.15. The summed E-state index contributed by atoms with van der Waals surface area (Å²) in [5, 5.41) is 3.44. The minimum absolute atomic E-state index is 0.169. The van der Waals surface area contributed by atoms with Gasteiger partial charge in [-0.15, -0.1) is 0 Å². The van der Waals surface area contributed by atoms with Crippen molar-refractivity contribution < 1.29 is 4.79 Å². The minimum Gasteiger partial charge on any atom is -0.368 e. The Morgan fingerprint density at radius 3 is 2.59 bits per heavy atom. The van der Waals surface area contributed by atoms with E-state index in [-0.39, 0.29) is 5.91 Å². The number of carbonyl (C=O) groups is 1. The quantitative estimate of drug-likeness (QED) is 0.623. The van der Waals surface area contributed by atoms with Gasteiger partial charge in [0, 0.05) is 11.8 Å². The van der Waals surface area contributed by atoms with Crippen LogP contribution in [-0.4, -0.2) is 29.0 Å². The Labute approximate surface area is 109 Å². The number of amides is 1. The monoisotopic (exact) mass is 258 g/mol. The molecule has 0 heterocycles. The van der Waals surface area contributed by atoms with Crippen LogP contribution in [0.15, 0.2) is 0 Å². The molecule has 0 aromatic rings. The Balaban J connectivity index is 2.59. The maximum Gasteiger partial charge on any atom is 0.238 e. The molecule has 1 amide bonds. The first-order chi connectivity index (χ1) is 8.03. The highest BCUT2D eigenvalue weighted by Crippen LogP contribution is 2.41. The van der Waals surface area contributed by atoms with Crippen molar-refractivity contribution >= 4 is 17.7 Å². The van der Waals surface area contributed by atoms with Gasteiger partial charge >= 0.3 is 0 Å². The summed E-state index contributed by atoms with van der Waals surface area (Å²) in [7, 11) is 0. The van der Waals surface area contributed by atoms with Gasteiger partial charge in [0.1, 0.15) is 5.54 Å². The van der Waals surface area contributed by atoms with E-state index < -0.39 is 5.54 Å². The molecule has 1 fully saturated rings. The molecule has 1 saturated carbocycles. The number of thioether (sulfide) groups is 1. The van der Waals surface area contributed by atoms with Crippen LogP contribution in [0.1, 0.15) is 46.5 Å².